The largest absolute Gasteiger partial charge is 0.455 e. The van der Waals surface area contributed by atoms with E-state index in [4.69, 9.17) is 23.2 Å². The highest BCUT2D eigenvalue weighted by atomic mass is 35.5. The van der Waals surface area contributed by atoms with Crippen LogP contribution >= 0.6 is 11.6 Å². The number of ether oxygens (including phenoxy) is 1. The van der Waals surface area contributed by atoms with Crippen molar-refractivity contribution >= 4 is 46.6 Å². The summed E-state index contributed by atoms with van der Waals surface area (Å²) in [6.45, 7) is 4.94. The number of aromatic nitrogens is 4. The fourth-order valence-electron chi connectivity index (χ4n) is 3.60. The summed E-state index contributed by atoms with van der Waals surface area (Å²) >= 11 is 6.28. The Bertz CT molecular complexity index is 1590. The van der Waals surface area contributed by atoms with E-state index >= 15 is 0 Å². The molecule has 0 atom stereocenters. The lowest BCUT2D eigenvalue weighted by atomic mass is 10.1. The maximum atomic E-state index is 13.7. The maximum absolute atomic E-state index is 13.7. The first-order valence-electron chi connectivity index (χ1n) is 12.0. The normalized spacial score (nSPS) is 11.5. The Morgan fingerprint density at radius 2 is 1.91 bits per heavy atom. The SMILES string of the molecule is C=C(/C=C(/C(=O)Nc1c(C)cc(N)cc1C(=O)NN(C)C(=O)OC)N(N)c1ccccc1Cl)Cn1nnc(C(F)(F)F)n1. The van der Waals surface area contributed by atoms with Gasteiger partial charge in [-0.1, -0.05) is 30.3 Å². The van der Waals surface area contributed by atoms with Crippen molar-refractivity contribution in [3.63, 3.8) is 0 Å². The zero-order chi connectivity index (χ0) is 32.1. The summed E-state index contributed by atoms with van der Waals surface area (Å²) < 4.78 is 43.3. The van der Waals surface area contributed by atoms with Gasteiger partial charge in [0, 0.05) is 12.7 Å². The van der Waals surface area contributed by atoms with Crippen molar-refractivity contribution in [1.29, 1.82) is 0 Å². The Morgan fingerprint density at radius 1 is 1.23 bits per heavy atom. The first-order valence-corrected chi connectivity index (χ1v) is 12.4. The van der Waals surface area contributed by atoms with Crippen molar-refractivity contribution in [3.05, 3.63) is 82.3 Å². The molecule has 0 aliphatic carbocycles. The number of hydrazine groups is 2. The molecule has 2 aromatic carbocycles. The fourth-order valence-corrected chi connectivity index (χ4v) is 3.83. The smallest absolute Gasteiger partial charge is 0.452 e. The Kier molecular flexibility index (Phi) is 9.94. The molecule has 3 aromatic rings. The molecule has 43 heavy (non-hydrogen) atoms. The number of allylic oxidation sites excluding steroid dienone is 2. The van der Waals surface area contributed by atoms with Gasteiger partial charge in [-0.25, -0.2) is 15.6 Å². The van der Waals surface area contributed by atoms with Crippen LogP contribution in [0.4, 0.5) is 35.0 Å². The van der Waals surface area contributed by atoms with Crippen LogP contribution in [0, 0.1) is 6.92 Å². The van der Waals surface area contributed by atoms with Crippen LogP contribution in [0.1, 0.15) is 21.7 Å². The van der Waals surface area contributed by atoms with Crippen molar-refractivity contribution in [3.8, 4) is 0 Å². The minimum absolute atomic E-state index is 0.00630. The van der Waals surface area contributed by atoms with Gasteiger partial charge >= 0.3 is 12.3 Å². The van der Waals surface area contributed by atoms with Crippen LogP contribution in [0.3, 0.4) is 0 Å². The Balaban J connectivity index is 2.01. The molecule has 0 spiro atoms. The molecule has 0 unspecified atom stereocenters. The average Bonchev–Trinajstić information content (AvgIpc) is 3.41. The molecule has 3 amide bonds. The van der Waals surface area contributed by atoms with Crippen LogP contribution in [0.5, 0.6) is 0 Å². The second kappa shape index (κ2) is 13.2. The Hall–Kier alpha value is -5.16. The number of nitrogen functional groups attached to an aromatic ring is 1. The van der Waals surface area contributed by atoms with Gasteiger partial charge in [-0.3, -0.25) is 20.0 Å². The summed E-state index contributed by atoms with van der Waals surface area (Å²) in [4.78, 5) is 39.2. The number of amides is 3. The maximum Gasteiger partial charge on any atom is 0.455 e. The number of tetrazole rings is 1. The van der Waals surface area contributed by atoms with Crippen LogP contribution in [-0.2, 0) is 22.3 Å². The molecule has 14 nitrogen and oxygen atoms in total. The van der Waals surface area contributed by atoms with Crippen LogP contribution in [-0.4, -0.2) is 57.3 Å². The van der Waals surface area contributed by atoms with Crippen molar-refractivity contribution in [2.45, 2.75) is 19.6 Å². The first kappa shape index (κ1) is 32.4. The molecule has 0 bridgehead atoms. The quantitative estimate of drug-likeness (QED) is 0.0956. The van der Waals surface area contributed by atoms with Gasteiger partial charge in [-0.05, 0) is 53.6 Å². The molecule has 0 radical (unpaired) electrons. The molecule has 228 valence electrons. The minimum Gasteiger partial charge on any atom is -0.452 e. The molecule has 18 heteroatoms. The topological polar surface area (TPSA) is 187 Å². The monoisotopic (exact) mass is 622 g/mol. The van der Waals surface area contributed by atoms with E-state index in [0.717, 1.165) is 17.1 Å². The number of hydrogen-bond acceptors (Lipinski definition) is 10. The molecule has 1 aromatic heterocycles. The van der Waals surface area contributed by atoms with E-state index in [1.54, 1.807) is 19.1 Å². The summed E-state index contributed by atoms with van der Waals surface area (Å²) in [5.41, 5.74) is 8.61. The predicted octanol–water partition coefficient (Wildman–Crippen LogP) is 3.04. The highest BCUT2D eigenvalue weighted by Crippen LogP contribution is 2.29. The molecule has 6 N–H and O–H groups in total. The van der Waals surface area contributed by atoms with E-state index in [2.05, 4.69) is 37.5 Å². The van der Waals surface area contributed by atoms with Gasteiger partial charge in [0.15, 0.2) is 0 Å². The average molecular weight is 623 g/mol. The molecule has 0 aliphatic heterocycles. The van der Waals surface area contributed by atoms with E-state index in [1.165, 1.54) is 37.4 Å². The number of carbonyl (C=O) groups is 3. The van der Waals surface area contributed by atoms with Gasteiger partial charge in [-0.2, -0.15) is 18.0 Å². The lowest BCUT2D eigenvalue weighted by Crippen LogP contribution is -2.43. The Morgan fingerprint density at radius 3 is 2.51 bits per heavy atom. The summed E-state index contributed by atoms with van der Waals surface area (Å²) in [5, 5.41) is 14.1. The number of nitrogens with zero attached hydrogens (tertiary/aromatic N) is 6. The van der Waals surface area contributed by atoms with Gasteiger partial charge in [0.2, 0.25) is 0 Å². The number of methoxy groups -OCH3 is 1. The van der Waals surface area contributed by atoms with E-state index in [0.29, 0.717) is 10.4 Å². The Labute approximate surface area is 247 Å². The number of carbonyl (C=O) groups excluding carboxylic acids is 3. The standard InChI is InChI=1S/C25H26ClF3N10O4/c1-13(12-38-35-23(33-36-38)25(27,28)29)9-19(39(31)18-8-6-5-7-17(18)26)22(41)32-20-14(2)10-15(30)11-16(20)21(40)34-37(3)24(42)43-4/h5-11H,1,12,30-31H2,2-4H3,(H,32,41)(H,34,40)/b19-9-. The highest BCUT2D eigenvalue weighted by molar-refractivity contribution is 6.33. The zero-order valence-corrected chi connectivity index (χ0v) is 23.7. The van der Waals surface area contributed by atoms with Gasteiger partial charge in [0.1, 0.15) is 5.70 Å². The number of benzene rings is 2. The summed E-state index contributed by atoms with van der Waals surface area (Å²) in [5.74, 6) is 3.14. The lowest BCUT2D eigenvalue weighted by molar-refractivity contribution is -0.145. The zero-order valence-electron chi connectivity index (χ0n) is 22.9. The third-order valence-electron chi connectivity index (χ3n) is 5.55. The van der Waals surface area contributed by atoms with Gasteiger partial charge in [0.05, 0.1) is 35.6 Å². The number of anilines is 3. The lowest BCUT2D eigenvalue weighted by Gasteiger charge is -2.24. The molecule has 0 saturated carbocycles. The first-order chi connectivity index (χ1) is 20.1. The third-order valence-corrected chi connectivity index (χ3v) is 5.87. The van der Waals surface area contributed by atoms with Crippen LogP contribution in [0.2, 0.25) is 5.02 Å². The number of rotatable bonds is 8. The van der Waals surface area contributed by atoms with E-state index in [-0.39, 0.29) is 38.9 Å². The second-order valence-corrected chi connectivity index (χ2v) is 9.24. The van der Waals surface area contributed by atoms with Gasteiger partial charge in [0.25, 0.3) is 17.6 Å². The number of nitrogens with one attached hydrogen (secondary N) is 2. The third kappa shape index (κ3) is 7.98. The molecular weight excluding hydrogens is 597 g/mol. The van der Waals surface area contributed by atoms with Crippen LogP contribution < -0.4 is 27.3 Å². The number of aryl methyl sites for hydroxylation is 1. The molecular formula is C25H26ClF3N10O4. The van der Waals surface area contributed by atoms with Crippen LogP contribution in [0.25, 0.3) is 0 Å². The molecule has 0 fully saturated rings. The number of alkyl halides is 3. The summed E-state index contributed by atoms with van der Waals surface area (Å²) in [7, 11) is 2.36. The van der Waals surface area contributed by atoms with Gasteiger partial charge in [-0.15, -0.1) is 10.2 Å². The highest BCUT2D eigenvalue weighted by Gasteiger charge is 2.36. The van der Waals surface area contributed by atoms with Crippen molar-refractivity contribution < 1.29 is 32.3 Å². The predicted molar refractivity (Wildman–Crippen MR) is 150 cm³/mol. The summed E-state index contributed by atoms with van der Waals surface area (Å²) in [6.07, 6.45) is -4.51. The molecule has 3 rings (SSSR count). The van der Waals surface area contributed by atoms with E-state index < -0.39 is 36.5 Å². The van der Waals surface area contributed by atoms with Crippen molar-refractivity contribution in [2.24, 2.45) is 5.84 Å². The number of hydrogen-bond donors (Lipinski definition) is 4. The number of halogens is 4. The molecule has 1 heterocycles. The summed E-state index contributed by atoms with van der Waals surface area (Å²) in [6, 6.07) is 9.02. The number of para-hydroxylation sites is 1. The number of nitrogens with two attached hydrogens (primary N) is 2. The van der Waals surface area contributed by atoms with E-state index in [9.17, 15) is 27.6 Å². The van der Waals surface area contributed by atoms with Crippen molar-refractivity contribution in [2.75, 3.05) is 30.2 Å². The minimum atomic E-state index is -4.81. The van der Waals surface area contributed by atoms with Gasteiger partial charge < -0.3 is 15.8 Å². The molecule has 0 saturated heterocycles. The second-order valence-electron chi connectivity index (χ2n) is 8.83. The molecule has 0 aliphatic rings. The van der Waals surface area contributed by atoms with Crippen molar-refractivity contribution in [1.82, 2.24) is 30.6 Å². The van der Waals surface area contributed by atoms with Crippen LogP contribution in [0.15, 0.2) is 60.3 Å². The van der Waals surface area contributed by atoms with E-state index in [1.807, 2.05) is 0 Å². The fraction of sp³-hybridized carbons (Fsp3) is 0.200.